The van der Waals surface area contributed by atoms with Crippen LogP contribution in [0.25, 0.3) is 0 Å². The van der Waals surface area contributed by atoms with Gasteiger partial charge in [0.25, 0.3) is 0 Å². The van der Waals surface area contributed by atoms with Gasteiger partial charge < -0.3 is 14.3 Å². The maximum Gasteiger partial charge on any atom is 0.135 e. The maximum absolute atomic E-state index is 9.98. The van der Waals surface area contributed by atoms with E-state index in [0.717, 1.165) is 16.2 Å². The molecule has 0 aliphatic rings. The highest BCUT2D eigenvalue weighted by atomic mass is 32.1. The molecule has 0 radical (unpaired) electrons. The average Bonchev–Trinajstić information content (AvgIpc) is 2.86. The lowest BCUT2D eigenvalue weighted by Crippen LogP contribution is -2.00. The molecule has 2 aromatic rings. The van der Waals surface area contributed by atoms with Gasteiger partial charge in [0.1, 0.15) is 5.75 Å². The highest BCUT2D eigenvalue weighted by molar-refractivity contribution is 7.10. The minimum Gasteiger partial charge on any atom is -0.495 e. The molecule has 2 aromatic heterocycles. The first-order chi connectivity index (χ1) is 7.31. The van der Waals surface area contributed by atoms with Gasteiger partial charge in [-0.3, -0.25) is 0 Å². The van der Waals surface area contributed by atoms with Crippen LogP contribution in [0.5, 0.6) is 5.75 Å². The zero-order chi connectivity index (χ0) is 10.7. The van der Waals surface area contributed by atoms with Crippen LogP contribution in [-0.4, -0.2) is 12.2 Å². The van der Waals surface area contributed by atoms with Crippen LogP contribution in [0.1, 0.15) is 16.5 Å². The lowest BCUT2D eigenvalue weighted by Gasteiger charge is -2.09. The maximum atomic E-state index is 9.98. The number of methoxy groups -OCH3 is 1. The summed E-state index contributed by atoms with van der Waals surface area (Å²) in [7, 11) is 1.61. The van der Waals surface area contributed by atoms with Crippen molar-refractivity contribution in [1.29, 1.82) is 0 Å². The summed E-state index contributed by atoms with van der Waals surface area (Å²) in [5.74, 6) is 0.746. The Balaban J connectivity index is 2.11. The molecule has 0 saturated carbocycles. The van der Waals surface area contributed by atoms with Crippen LogP contribution in [0.3, 0.4) is 0 Å². The van der Waals surface area contributed by atoms with Crippen LogP contribution in [-0.2, 0) is 6.42 Å². The molecule has 2 rings (SSSR count). The third-order valence-electron chi connectivity index (χ3n) is 2.19. The third-order valence-corrected chi connectivity index (χ3v) is 3.19. The van der Waals surface area contributed by atoms with Gasteiger partial charge in [-0.15, -0.1) is 11.3 Å². The Morgan fingerprint density at radius 1 is 1.53 bits per heavy atom. The molecule has 80 valence electrons. The highest BCUT2D eigenvalue weighted by Crippen LogP contribution is 2.32. The van der Waals surface area contributed by atoms with Crippen LogP contribution in [0.4, 0.5) is 0 Å². The van der Waals surface area contributed by atoms with Gasteiger partial charge in [-0.25, -0.2) is 0 Å². The molecule has 1 N–H and O–H groups in total. The van der Waals surface area contributed by atoms with Crippen molar-refractivity contribution in [3.8, 4) is 5.75 Å². The number of thiophene rings is 1. The summed E-state index contributed by atoms with van der Waals surface area (Å²) in [6.07, 6.45) is 3.27. The van der Waals surface area contributed by atoms with Gasteiger partial charge in [-0.1, -0.05) is 0 Å². The fourth-order valence-electron chi connectivity index (χ4n) is 1.45. The van der Waals surface area contributed by atoms with E-state index in [9.17, 15) is 5.11 Å². The molecule has 2 heterocycles. The zero-order valence-corrected chi connectivity index (χ0v) is 9.16. The van der Waals surface area contributed by atoms with Gasteiger partial charge in [0.15, 0.2) is 0 Å². The second-order valence-electron chi connectivity index (χ2n) is 3.20. The summed E-state index contributed by atoms with van der Waals surface area (Å²) in [5, 5.41) is 11.9. The summed E-state index contributed by atoms with van der Waals surface area (Å²) in [4.78, 5) is 0.860. The number of furan rings is 1. The molecule has 0 bridgehead atoms. The van der Waals surface area contributed by atoms with Crippen molar-refractivity contribution in [2.75, 3.05) is 7.11 Å². The first-order valence-corrected chi connectivity index (χ1v) is 5.49. The first kappa shape index (κ1) is 10.3. The monoisotopic (exact) mass is 224 g/mol. The second kappa shape index (κ2) is 4.51. The predicted octanol–water partition coefficient (Wildman–Crippen LogP) is 2.63. The van der Waals surface area contributed by atoms with Crippen molar-refractivity contribution < 1.29 is 14.3 Å². The van der Waals surface area contributed by atoms with E-state index in [2.05, 4.69) is 0 Å². The van der Waals surface area contributed by atoms with Crippen molar-refractivity contribution in [3.63, 3.8) is 0 Å². The Labute approximate surface area is 91.9 Å². The topological polar surface area (TPSA) is 42.6 Å². The van der Waals surface area contributed by atoms with Crippen LogP contribution in [0, 0.1) is 0 Å². The van der Waals surface area contributed by atoms with Crippen molar-refractivity contribution in [3.05, 3.63) is 40.5 Å². The van der Waals surface area contributed by atoms with Crippen LogP contribution in [0.15, 0.2) is 34.5 Å². The number of ether oxygens (including phenoxy) is 1. The molecular formula is C11H12O3S. The van der Waals surface area contributed by atoms with Gasteiger partial charge in [-0.05, 0) is 23.1 Å². The Bertz CT molecular complexity index is 405. The number of aliphatic hydroxyl groups is 1. The van der Waals surface area contributed by atoms with Gasteiger partial charge in [0, 0.05) is 6.42 Å². The zero-order valence-electron chi connectivity index (χ0n) is 8.34. The number of aliphatic hydroxyl groups excluding tert-OH is 1. The molecule has 0 fully saturated rings. The van der Waals surface area contributed by atoms with Crippen molar-refractivity contribution >= 4 is 11.3 Å². The summed E-state index contributed by atoms with van der Waals surface area (Å²) in [6.45, 7) is 0. The molecule has 0 spiro atoms. The van der Waals surface area contributed by atoms with Crippen molar-refractivity contribution in [2.24, 2.45) is 0 Å². The van der Waals surface area contributed by atoms with Crippen molar-refractivity contribution in [2.45, 2.75) is 12.5 Å². The quantitative estimate of drug-likeness (QED) is 0.868. The molecular weight excluding hydrogens is 212 g/mol. The fourth-order valence-corrected chi connectivity index (χ4v) is 2.29. The average molecular weight is 224 g/mol. The van der Waals surface area contributed by atoms with E-state index in [1.807, 2.05) is 17.5 Å². The van der Waals surface area contributed by atoms with E-state index in [-0.39, 0.29) is 0 Å². The van der Waals surface area contributed by atoms with E-state index in [1.54, 1.807) is 19.6 Å². The number of hydrogen-bond acceptors (Lipinski definition) is 4. The molecule has 1 atom stereocenters. The van der Waals surface area contributed by atoms with E-state index in [1.165, 1.54) is 11.3 Å². The van der Waals surface area contributed by atoms with E-state index < -0.39 is 6.10 Å². The van der Waals surface area contributed by atoms with E-state index in [0.29, 0.717) is 6.42 Å². The summed E-state index contributed by atoms with van der Waals surface area (Å²) in [6, 6.07) is 3.71. The fraction of sp³-hybridized carbons (Fsp3) is 0.273. The first-order valence-electron chi connectivity index (χ1n) is 4.61. The molecule has 4 heteroatoms. The Kier molecular flexibility index (Phi) is 3.08. The van der Waals surface area contributed by atoms with Crippen LogP contribution < -0.4 is 4.74 Å². The summed E-state index contributed by atoms with van der Waals surface area (Å²) < 4.78 is 10.1. The van der Waals surface area contributed by atoms with Crippen molar-refractivity contribution in [1.82, 2.24) is 0 Å². The third kappa shape index (κ3) is 2.22. The Morgan fingerprint density at radius 2 is 2.40 bits per heavy atom. The molecule has 3 nitrogen and oxygen atoms in total. The lowest BCUT2D eigenvalue weighted by atomic mass is 10.1. The molecule has 0 amide bonds. The van der Waals surface area contributed by atoms with Gasteiger partial charge >= 0.3 is 0 Å². The largest absolute Gasteiger partial charge is 0.495 e. The van der Waals surface area contributed by atoms with Gasteiger partial charge in [0.05, 0.1) is 30.6 Å². The molecule has 0 aliphatic carbocycles. The molecule has 15 heavy (non-hydrogen) atoms. The minimum absolute atomic E-state index is 0.530. The second-order valence-corrected chi connectivity index (χ2v) is 4.15. The normalized spacial score (nSPS) is 12.7. The number of rotatable bonds is 4. The smallest absolute Gasteiger partial charge is 0.135 e. The molecule has 0 saturated heterocycles. The van der Waals surface area contributed by atoms with E-state index >= 15 is 0 Å². The van der Waals surface area contributed by atoms with Crippen LogP contribution in [0.2, 0.25) is 0 Å². The Hall–Kier alpha value is -1.26. The molecule has 1 unspecified atom stereocenters. The minimum atomic E-state index is -0.530. The predicted molar refractivity (Wildman–Crippen MR) is 58.2 cm³/mol. The summed E-state index contributed by atoms with van der Waals surface area (Å²) in [5.41, 5.74) is 0.984. The SMILES string of the molecule is COc1ccsc1C(O)Cc1ccoc1. The number of hydrogen-bond donors (Lipinski definition) is 1. The highest BCUT2D eigenvalue weighted by Gasteiger charge is 2.15. The van der Waals surface area contributed by atoms with Gasteiger partial charge in [0.2, 0.25) is 0 Å². The standard InChI is InChI=1S/C11H12O3S/c1-13-10-3-5-15-11(10)9(12)6-8-2-4-14-7-8/h2-5,7,9,12H,6H2,1H3. The molecule has 0 aliphatic heterocycles. The van der Waals surface area contributed by atoms with Gasteiger partial charge in [-0.2, -0.15) is 0 Å². The Morgan fingerprint density at radius 3 is 3.07 bits per heavy atom. The molecule has 0 aromatic carbocycles. The van der Waals surface area contributed by atoms with Crippen LogP contribution >= 0.6 is 11.3 Å². The lowest BCUT2D eigenvalue weighted by molar-refractivity contribution is 0.178. The van der Waals surface area contributed by atoms with E-state index in [4.69, 9.17) is 9.15 Å². The summed E-state index contributed by atoms with van der Waals surface area (Å²) >= 11 is 1.50.